The van der Waals surface area contributed by atoms with E-state index < -0.39 is 0 Å². The summed E-state index contributed by atoms with van der Waals surface area (Å²) in [6.07, 6.45) is 2.76. The van der Waals surface area contributed by atoms with E-state index in [0.717, 1.165) is 38.0 Å². The molecule has 3 rings (SSSR count). The predicted molar refractivity (Wildman–Crippen MR) is 102 cm³/mol. The van der Waals surface area contributed by atoms with Crippen molar-refractivity contribution in [3.05, 3.63) is 35.7 Å². The molecule has 1 amide bonds. The fraction of sp³-hybridized carbons (Fsp3) is 0.526. The highest BCUT2D eigenvalue weighted by molar-refractivity contribution is 6.04. The van der Waals surface area contributed by atoms with E-state index in [1.807, 2.05) is 35.9 Å². The largest absolute Gasteiger partial charge is 0.491 e. The average molecular weight is 373 g/mol. The SMILES string of the molecule is COCCCOc1ccccc1NC(=O)c1nnn(C2CCNCC2)c1C. The zero-order valence-electron chi connectivity index (χ0n) is 15.9. The van der Waals surface area contributed by atoms with Gasteiger partial charge in [0.15, 0.2) is 5.69 Å². The molecular formula is C19H27N5O3. The van der Waals surface area contributed by atoms with Crippen molar-refractivity contribution in [1.82, 2.24) is 20.3 Å². The number of aromatic nitrogens is 3. The van der Waals surface area contributed by atoms with Crippen LogP contribution in [-0.2, 0) is 4.74 Å². The Bertz CT molecular complexity index is 756. The first kappa shape index (κ1) is 19.3. The van der Waals surface area contributed by atoms with Crippen molar-refractivity contribution in [2.45, 2.75) is 32.2 Å². The minimum Gasteiger partial charge on any atom is -0.491 e. The van der Waals surface area contributed by atoms with E-state index in [0.29, 0.717) is 30.3 Å². The van der Waals surface area contributed by atoms with E-state index in [4.69, 9.17) is 9.47 Å². The molecule has 2 aromatic rings. The molecule has 8 heteroatoms. The van der Waals surface area contributed by atoms with Crippen LogP contribution in [0.2, 0.25) is 0 Å². The molecule has 1 aliphatic heterocycles. The number of nitrogens with zero attached hydrogens (tertiary/aromatic N) is 3. The Morgan fingerprint density at radius 1 is 1.30 bits per heavy atom. The van der Waals surface area contributed by atoms with Crippen LogP contribution in [0.25, 0.3) is 0 Å². The second kappa shape index (κ2) is 9.48. The number of piperidine rings is 1. The Hall–Kier alpha value is -2.45. The van der Waals surface area contributed by atoms with Gasteiger partial charge in [-0.15, -0.1) is 5.10 Å². The molecule has 0 saturated carbocycles. The molecule has 1 aromatic heterocycles. The monoisotopic (exact) mass is 373 g/mol. The number of amides is 1. The number of methoxy groups -OCH3 is 1. The predicted octanol–water partition coefficient (Wildman–Crippen LogP) is 2.18. The summed E-state index contributed by atoms with van der Waals surface area (Å²) in [6.45, 7) is 4.96. The van der Waals surface area contributed by atoms with Gasteiger partial charge in [0, 0.05) is 20.1 Å². The molecule has 0 aliphatic carbocycles. The van der Waals surface area contributed by atoms with Crippen LogP contribution in [-0.4, -0.2) is 54.3 Å². The molecule has 2 heterocycles. The number of hydrogen-bond donors (Lipinski definition) is 2. The summed E-state index contributed by atoms with van der Waals surface area (Å²) in [5.41, 5.74) is 1.76. The fourth-order valence-corrected chi connectivity index (χ4v) is 3.21. The average Bonchev–Trinajstić information content (AvgIpc) is 3.08. The number of nitrogens with one attached hydrogen (secondary N) is 2. The van der Waals surface area contributed by atoms with Crippen molar-refractivity contribution in [2.24, 2.45) is 0 Å². The van der Waals surface area contributed by atoms with E-state index in [1.165, 1.54) is 0 Å². The molecule has 0 atom stereocenters. The van der Waals surface area contributed by atoms with Crippen LogP contribution in [0.5, 0.6) is 5.75 Å². The quantitative estimate of drug-likeness (QED) is 0.690. The number of benzene rings is 1. The van der Waals surface area contributed by atoms with E-state index in [2.05, 4.69) is 20.9 Å². The van der Waals surface area contributed by atoms with Gasteiger partial charge in [-0.05, 0) is 45.0 Å². The maximum absolute atomic E-state index is 12.7. The molecule has 0 bridgehead atoms. The molecule has 0 spiro atoms. The lowest BCUT2D eigenvalue weighted by atomic mass is 10.1. The summed E-state index contributed by atoms with van der Waals surface area (Å²) in [5.74, 6) is 0.353. The fourth-order valence-electron chi connectivity index (χ4n) is 3.21. The van der Waals surface area contributed by atoms with Crippen LogP contribution in [0.1, 0.15) is 41.5 Å². The highest BCUT2D eigenvalue weighted by atomic mass is 16.5. The number of carbonyl (C=O) groups is 1. The highest BCUT2D eigenvalue weighted by Gasteiger charge is 2.23. The molecule has 1 aliphatic rings. The van der Waals surface area contributed by atoms with E-state index >= 15 is 0 Å². The number of para-hydroxylation sites is 2. The van der Waals surface area contributed by atoms with Crippen molar-refractivity contribution in [1.29, 1.82) is 0 Å². The lowest BCUT2D eigenvalue weighted by Gasteiger charge is -2.23. The Balaban J connectivity index is 1.68. The summed E-state index contributed by atoms with van der Waals surface area (Å²) in [5, 5.41) is 14.6. The minimum atomic E-state index is -0.277. The Morgan fingerprint density at radius 3 is 2.85 bits per heavy atom. The number of carbonyl (C=O) groups excluding carboxylic acids is 1. The topological polar surface area (TPSA) is 90.3 Å². The van der Waals surface area contributed by atoms with Crippen molar-refractivity contribution in [2.75, 3.05) is 38.7 Å². The van der Waals surface area contributed by atoms with E-state index in [9.17, 15) is 4.79 Å². The van der Waals surface area contributed by atoms with Gasteiger partial charge in [-0.1, -0.05) is 17.3 Å². The molecule has 0 radical (unpaired) electrons. The van der Waals surface area contributed by atoms with Gasteiger partial charge in [0.25, 0.3) is 5.91 Å². The van der Waals surface area contributed by atoms with Crippen LogP contribution >= 0.6 is 0 Å². The van der Waals surface area contributed by atoms with Crippen LogP contribution in [0.4, 0.5) is 5.69 Å². The lowest BCUT2D eigenvalue weighted by Crippen LogP contribution is -2.30. The third-order valence-corrected chi connectivity index (χ3v) is 4.68. The van der Waals surface area contributed by atoms with E-state index in [1.54, 1.807) is 7.11 Å². The lowest BCUT2D eigenvalue weighted by molar-refractivity contribution is 0.102. The molecule has 1 aromatic carbocycles. The number of hydrogen-bond acceptors (Lipinski definition) is 6. The smallest absolute Gasteiger partial charge is 0.278 e. The first-order valence-corrected chi connectivity index (χ1v) is 9.35. The van der Waals surface area contributed by atoms with Crippen LogP contribution in [0.15, 0.2) is 24.3 Å². The first-order valence-electron chi connectivity index (χ1n) is 9.35. The summed E-state index contributed by atoms with van der Waals surface area (Å²) in [6, 6.07) is 7.67. The third-order valence-electron chi connectivity index (χ3n) is 4.68. The molecular weight excluding hydrogens is 346 g/mol. The van der Waals surface area contributed by atoms with Gasteiger partial charge in [-0.2, -0.15) is 0 Å². The first-order chi connectivity index (χ1) is 13.2. The van der Waals surface area contributed by atoms with Gasteiger partial charge in [0.05, 0.1) is 24.0 Å². The molecule has 0 unspecified atom stereocenters. The molecule has 1 fully saturated rings. The minimum absolute atomic E-state index is 0.277. The Morgan fingerprint density at radius 2 is 2.07 bits per heavy atom. The Kier molecular flexibility index (Phi) is 6.78. The third kappa shape index (κ3) is 4.84. The standard InChI is InChI=1S/C19H27N5O3/c1-14-18(22-23-24(14)15-8-10-20-11-9-15)19(25)21-16-6-3-4-7-17(16)27-13-5-12-26-2/h3-4,6-7,15,20H,5,8-13H2,1-2H3,(H,21,25). The summed E-state index contributed by atoms with van der Waals surface area (Å²) >= 11 is 0. The second-order valence-corrected chi connectivity index (χ2v) is 6.59. The number of anilines is 1. The zero-order valence-corrected chi connectivity index (χ0v) is 15.9. The summed E-state index contributed by atoms with van der Waals surface area (Å²) in [7, 11) is 1.66. The van der Waals surface area contributed by atoms with Crippen molar-refractivity contribution < 1.29 is 14.3 Å². The van der Waals surface area contributed by atoms with Gasteiger partial charge in [-0.3, -0.25) is 4.79 Å². The molecule has 146 valence electrons. The van der Waals surface area contributed by atoms with Crippen LogP contribution < -0.4 is 15.4 Å². The summed E-state index contributed by atoms with van der Waals surface area (Å²) in [4.78, 5) is 12.7. The summed E-state index contributed by atoms with van der Waals surface area (Å²) < 4.78 is 12.7. The maximum Gasteiger partial charge on any atom is 0.278 e. The van der Waals surface area contributed by atoms with Gasteiger partial charge < -0.3 is 20.1 Å². The molecule has 2 N–H and O–H groups in total. The Labute approximate surface area is 159 Å². The number of ether oxygens (including phenoxy) is 2. The van der Waals surface area contributed by atoms with Crippen molar-refractivity contribution in [3.63, 3.8) is 0 Å². The second-order valence-electron chi connectivity index (χ2n) is 6.59. The van der Waals surface area contributed by atoms with Crippen molar-refractivity contribution in [3.8, 4) is 5.75 Å². The van der Waals surface area contributed by atoms with Gasteiger partial charge in [-0.25, -0.2) is 4.68 Å². The van der Waals surface area contributed by atoms with Gasteiger partial charge in [0.1, 0.15) is 5.75 Å². The zero-order chi connectivity index (χ0) is 19.1. The van der Waals surface area contributed by atoms with Gasteiger partial charge >= 0.3 is 0 Å². The van der Waals surface area contributed by atoms with Crippen LogP contribution in [0, 0.1) is 6.92 Å². The highest BCUT2D eigenvalue weighted by Crippen LogP contribution is 2.25. The van der Waals surface area contributed by atoms with Crippen molar-refractivity contribution >= 4 is 11.6 Å². The molecule has 1 saturated heterocycles. The van der Waals surface area contributed by atoms with E-state index in [-0.39, 0.29) is 11.9 Å². The van der Waals surface area contributed by atoms with Gasteiger partial charge in [0.2, 0.25) is 0 Å². The maximum atomic E-state index is 12.7. The van der Waals surface area contributed by atoms with Crippen LogP contribution in [0.3, 0.4) is 0 Å². The number of rotatable bonds is 8. The molecule has 27 heavy (non-hydrogen) atoms. The normalized spacial score (nSPS) is 14.9. The molecule has 8 nitrogen and oxygen atoms in total.